The van der Waals surface area contributed by atoms with Crippen LogP contribution >= 0.6 is 11.3 Å². The highest BCUT2D eigenvalue weighted by molar-refractivity contribution is 7.91. The van der Waals surface area contributed by atoms with Crippen molar-refractivity contribution in [2.24, 2.45) is 5.92 Å². The molecule has 2 unspecified atom stereocenters. The number of rotatable bonds is 8. The molecule has 1 saturated carbocycles. The van der Waals surface area contributed by atoms with Crippen LogP contribution in [0.2, 0.25) is 0 Å². The smallest absolute Gasteiger partial charge is 0.305 e. The summed E-state index contributed by atoms with van der Waals surface area (Å²) in [5.41, 5.74) is 1.29. The van der Waals surface area contributed by atoms with Crippen molar-refractivity contribution in [3.63, 3.8) is 0 Å². The topological polar surface area (TPSA) is 124 Å². The van der Waals surface area contributed by atoms with Crippen LogP contribution in [-0.2, 0) is 25.0 Å². The number of amides is 2. The second kappa shape index (κ2) is 11.8. The molecule has 4 rings (SSSR count). The first kappa shape index (κ1) is 29.2. The molecule has 2 aromatic rings. The van der Waals surface area contributed by atoms with Gasteiger partial charge in [0.2, 0.25) is 0 Å². The van der Waals surface area contributed by atoms with Crippen LogP contribution in [-0.4, -0.2) is 65.8 Å². The van der Waals surface area contributed by atoms with E-state index in [2.05, 4.69) is 26.1 Å². The number of nitrogens with zero attached hydrogens (tertiary/aromatic N) is 2. The van der Waals surface area contributed by atoms with Gasteiger partial charge in [-0.15, -0.1) is 11.3 Å². The summed E-state index contributed by atoms with van der Waals surface area (Å²) in [5, 5.41) is 14.0. The van der Waals surface area contributed by atoms with Gasteiger partial charge in [0.15, 0.2) is 6.17 Å². The highest BCUT2D eigenvalue weighted by Crippen LogP contribution is 2.31. The molecule has 2 aliphatic rings. The van der Waals surface area contributed by atoms with Crippen molar-refractivity contribution in [1.82, 2.24) is 14.5 Å². The number of aliphatic carboxylic acids is 1. The van der Waals surface area contributed by atoms with Crippen molar-refractivity contribution in [2.45, 2.75) is 81.1 Å². The van der Waals surface area contributed by atoms with Crippen LogP contribution in [0.5, 0.6) is 0 Å². The fourth-order valence-corrected chi connectivity index (χ4v) is 8.13. The maximum atomic E-state index is 13.8. The van der Waals surface area contributed by atoms with Crippen LogP contribution < -0.4 is 5.32 Å². The third-order valence-corrected chi connectivity index (χ3v) is 10.8. The van der Waals surface area contributed by atoms with E-state index in [1.165, 1.54) is 11.0 Å². The van der Waals surface area contributed by atoms with Gasteiger partial charge in [-0.3, -0.25) is 14.4 Å². The minimum Gasteiger partial charge on any atom is -0.481 e. The Morgan fingerprint density at radius 1 is 1.05 bits per heavy atom. The summed E-state index contributed by atoms with van der Waals surface area (Å²) in [6.45, 7) is 6.19. The zero-order valence-corrected chi connectivity index (χ0v) is 24.3. The Hall–Kier alpha value is -2.76. The molecule has 1 aromatic heterocycles. The quantitative estimate of drug-likeness (QED) is 0.489. The first-order chi connectivity index (χ1) is 18.4. The van der Waals surface area contributed by atoms with Crippen LogP contribution in [0, 0.1) is 5.92 Å². The van der Waals surface area contributed by atoms with Crippen LogP contribution in [0.4, 0.5) is 0 Å². The lowest BCUT2D eigenvalue weighted by Gasteiger charge is -2.34. The van der Waals surface area contributed by atoms with Crippen LogP contribution in [0.1, 0.15) is 75.2 Å². The van der Waals surface area contributed by atoms with E-state index in [0.29, 0.717) is 5.56 Å². The van der Waals surface area contributed by atoms with E-state index < -0.39 is 40.0 Å². The minimum absolute atomic E-state index is 0.0170. The van der Waals surface area contributed by atoms with Crippen molar-refractivity contribution in [3.05, 3.63) is 52.9 Å². The van der Waals surface area contributed by atoms with Crippen LogP contribution in [0.25, 0.3) is 0 Å². The van der Waals surface area contributed by atoms with Gasteiger partial charge in [0, 0.05) is 24.7 Å². The Morgan fingerprint density at radius 3 is 2.28 bits per heavy atom. The average Bonchev–Trinajstić information content (AvgIpc) is 3.59. The number of carbonyl (C=O) groups is 3. The molecule has 2 fully saturated rings. The number of benzene rings is 1. The fourth-order valence-electron chi connectivity index (χ4n) is 5.46. The van der Waals surface area contributed by atoms with E-state index in [9.17, 15) is 27.9 Å². The predicted octanol–water partition coefficient (Wildman–Crippen LogP) is 4.06. The fraction of sp³-hybridized carbons (Fsp3) is 0.536. The minimum atomic E-state index is -4.07. The van der Waals surface area contributed by atoms with Crippen molar-refractivity contribution < 1.29 is 27.9 Å². The maximum absolute atomic E-state index is 13.8. The van der Waals surface area contributed by atoms with Gasteiger partial charge in [-0.1, -0.05) is 58.2 Å². The van der Waals surface area contributed by atoms with Crippen molar-refractivity contribution >= 4 is 39.1 Å². The van der Waals surface area contributed by atoms with E-state index in [1.807, 2.05) is 12.1 Å². The SMILES string of the molecule is CC(C)(C)c1ccc(C(=O)N2CCN(S(=O)(=O)c3cccs3)C2C(=O)NC(CC(=O)O)C2CCCCC2)cc1. The molecule has 2 N–H and O–H groups in total. The lowest BCUT2D eigenvalue weighted by molar-refractivity contribution is -0.138. The molecule has 0 radical (unpaired) electrons. The van der Waals surface area contributed by atoms with Crippen molar-refractivity contribution in [2.75, 3.05) is 13.1 Å². The largest absolute Gasteiger partial charge is 0.481 e. The number of carboxylic acid groups (broad SMARTS) is 1. The van der Waals surface area contributed by atoms with E-state index in [-0.39, 0.29) is 35.1 Å². The monoisotopic (exact) mass is 575 g/mol. The van der Waals surface area contributed by atoms with Crippen LogP contribution in [0.3, 0.4) is 0 Å². The average molecular weight is 576 g/mol. The molecule has 2 amide bonds. The second-order valence-corrected chi connectivity index (χ2v) is 14.4. The molecule has 0 spiro atoms. The number of carbonyl (C=O) groups excluding carboxylic acids is 2. The summed E-state index contributed by atoms with van der Waals surface area (Å²) in [4.78, 5) is 40.5. The summed E-state index contributed by atoms with van der Waals surface area (Å²) in [6, 6.07) is 9.57. The molecular weight excluding hydrogens is 538 g/mol. The molecule has 1 aromatic carbocycles. The Labute approximate surface area is 234 Å². The number of carboxylic acids is 1. The van der Waals surface area contributed by atoms with E-state index in [1.54, 1.807) is 23.6 Å². The molecule has 2 heterocycles. The first-order valence-corrected chi connectivity index (χ1v) is 15.7. The standard InChI is InChI=1S/C28H37N3O6S2/c1-28(2,3)21-13-11-20(12-14-21)27(35)30-15-16-31(39(36,37)24-10-7-17-38-24)26(30)25(34)29-22(18-23(32)33)19-8-5-4-6-9-19/h7,10-14,17,19,22,26H,4-6,8-9,15-16,18H2,1-3H3,(H,29,34)(H,32,33). The molecule has 1 aliphatic carbocycles. The van der Waals surface area contributed by atoms with Crippen molar-refractivity contribution in [3.8, 4) is 0 Å². The zero-order valence-electron chi connectivity index (χ0n) is 22.6. The number of hydrogen-bond acceptors (Lipinski definition) is 6. The number of sulfonamides is 1. The normalized spacial score (nSPS) is 20.1. The molecule has 9 nitrogen and oxygen atoms in total. The molecule has 1 aliphatic heterocycles. The second-order valence-electron chi connectivity index (χ2n) is 11.4. The summed E-state index contributed by atoms with van der Waals surface area (Å²) >= 11 is 1.04. The van der Waals surface area contributed by atoms with Gasteiger partial charge in [0.25, 0.3) is 21.8 Å². The van der Waals surface area contributed by atoms with Gasteiger partial charge in [0.05, 0.1) is 6.42 Å². The third-order valence-electron chi connectivity index (χ3n) is 7.62. The van der Waals surface area contributed by atoms with E-state index in [4.69, 9.17) is 0 Å². The van der Waals surface area contributed by atoms with E-state index >= 15 is 0 Å². The predicted molar refractivity (Wildman–Crippen MR) is 149 cm³/mol. The molecule has 0 bridgehead atoms. The molecule has 2 atom stereocenters. The highest BCUT2D eigenvalue weighted by Gasteiger charge is 2.47. The van der Waals surface area contributed by atoms with Gasteiger partial charge >= 0.3 is 5.97 Å². The van der Waals surface area contributed by atoms with E-state index in [0.717, 1.165) is 53.3 Å². The Morgan fingerprint density at radius 2 is 1.72 bits per heavy atom. The van der Waals surface area contributed by atoms with Gasteiger partial charge in [-0.25, -0.2) is 8.42 Å². The molecule has 1 saturated heterocycles. The summed E-state index contributed by atoms with van der Waals surface area (Å²) in [7, 11) is -4.07. The summed E-state index contributed by atoms with van der Waals surface area (Å²) in [5.74, 6) is -2.18. The Kier molecular flexibility index (Phi) is 8.82. The molecule has 39 heavy (non-hydrogen) atoms. The number of nitrogens with one attached hydrogen (secondary N) is 1. The third kappa shape index (κ3) is 6.53. The lowest BCUT2D eigenvalue weighted by atomic mass is 9.82. The van der Waals surface area contributed by atoms with Gasteiger partial charge in [0.1, 0.15) is 4.21 Å². The van der Waals surface area contributed by atoms with Crippen molar-refractivity contribution in [1.29, 1.82) is 0 Å². The van der Waals surface area contributed by atoms with Gasteiger partial charge in [-0.05, 0) is 53.3 Å². The van der Waals surface area contributed by atoms with Gasteiger partial charge in [-0.2, -0.15) is 4.31 Å². The summed E-state index contributed by atoms with van der Waals surface area (Å²) in [6.07, 6.45) is 2.87. The molecule has 212 valence electrons. The lowest BCUT2D eigenvalue weighted by Crippen LogP contribution is -2.56. The number of hydrogen-bond donors (Lipinski definition) is 2. The Bertz CT molecular complexity index is 1280. The Balaban J connectivity index is 1.66. The van der Waals surface area contributed by atoms with Crippen LogP contribution in [0.15, 0.2) is 46.0 Å². The highest BCUT2D eigenvalue weighted by atomic mass is 32.2. The summed E-state index contributed by atoms with van der Waals surface area (Å²) < 4.78 is 28.3. The maximum Gasteiger partial charge on any atom is 0.305 e. The molecule has 11 heteroatoms. The van der Waals surface area contributed by atoms with Gasteiger partial charge < -0.3 is 15.3 Å². The molecular formula is C28H37N3O6S2. The number of thiophene rings is 1. The zero-order chi connectivity index (χ0) is 28.4. The first-order valence-electron chi connectivity index (χ1n) is 13.4.